The summed E-state index contributed by atoms with van der Waals surface area (Å²) in [4.78, 5) is 0. The topological polar surface area (TPSA) is 29.5 Å². The van der Waals surface area contributed by atoms with Crippen LogP contribution >= 0.6 is 0 Å². The molecule has 2 nitrogen and oxygen atoms in total. The van der Waals surface area contributed by atoms with Crippen molar-refractivity contribution in [3.8, 4) is 11.5 Å². The summed E-state index contributed by atoms with van der Waals surface area (Å²) in [5.41, 5.74) is 2.63. The van der Waals surface area contributed by atoms with E-state index in [1.165, 1.54) is 56.1 Å². The van der Waals surface area contributed by atoms with E-state index in [0.717, 1.165) is 25.2 Å². The second-order valence-electron chi connectivity index (χ2n) is 8.21. The van der Waals surface area contributed by atoms with Gasteiger partial charge in [0.2, 0.25) is 0 Å². The summed E-state index contributed by atoms with van der Waals surface area (Å²) in [6.07, 6.45) is 11.2. The maximum atomic E-state index is 9.72. The third kappa shape index (κ3) is 7.76. The highest BCUT2D eigenvalue weighted by Crippen LogP contribution is 2.38. The Bertz CT molecular complexity index is 660. The lowest BCUT2D eigenvalue weighted by molar-refractivity contribution is 0.304. The van der Waals surface area contributed by atoms with E-state index in [-0.39, 0.29) is 0 Å². The van der Waals surface area contributed by atoms with E-state index in [4.69, 9.17) is 4.74 Å². The summed E-state index contributed by atoms with van der Waals surface area (Å²) in [6, 6.07) is 16.5. The number of rotatable bonds is 14. The number of unbranched alkanes of at least 4 members (excludes halogenated alkanes) is 5. The molecule has 0 fully saturated rings. The molecule has 160 valence electrons. The minimum atomic E-state index is 0.330. The first-order chi connectivity index (χ1) is 14.2. The number of hydrogen-bond donors (Lipinski definition) is 1. The van der Waals surface area contributed by atoms with Gasteiger partial charge in [-0.3, -0.25) is 0 Å². The first kappa shape index (κ1) is 23.3. The van der Waals surface area contributed by atoms with E-state index in [2.05, 4.69) is 57.2 Å². The van der Waals surface area contributed by atoms with E-state index in [1.54, 1.807) is 0 Å². The molecule has 0 spiro atoms. The molecule has 0 bridgehead atoms. The van der Waals surface area contributed by atoms with Crippen LogP contribution in [0.15, 0.2) is 48.5 Å². The van der Waals surface area contributed by atoms with E-state index in [1.807, 2.05) is 12.1 Å². The largest absolute Gasteiger partial charge is 0.508 e. The van der Waals surface area contributed by atoms with Crippen molar-refractivity contribution in [3.05, 3.63) is 59.7 Å². The molecular weight excluding hydrogens is 356 g/mol. The molecule has 29 heavy (non-hydrogen) atoms. The van der Waals surface area contributed by atoms with Gasteiger partial charge >= 0.3 is 0 Å². The number of phenols is 1. The lowest BCUT2D eigenvalue weighted by atomic mass is 9.77. The molecule has 2 unspecified atom stereocenters. The summed E-state index contributed by atoms with van der Waals surface area (Å²) >= 11 is 0. The van der Waals surface area contributed by atoms with Crippen LogP contribution in [0.5, 0.6) is 11.5 Å². The van der Waals surface area contributed by atoms with Crippen LogP contribution in [0.25, 0.3) is 0 Å². The van der Waals surface area contributed by atoms with Gasteiger partial charge in [-0.05, 0) is 54.2 Å². The van der Waals surface area contributed by atoms with Crippen LogP contribution in [0.1, 0.15) is 95.6 Å². The van der Waals surface area contributed by atoms with Crippen LogP contribution in [0.4, 0.5) is 0 Å². The molecule has 1 N–H and O–H groups in total. The highest BCUT2D eigenvalue weighted by Gasteiger charge is 2.23. The molecule has 0 aliphatic carbocycles. The predicted octanol–water partition coefficient (Wildman–Crippen LogP) is 8.09. The summed E-state index contributed by atoms with van der Waals surface area (Å²) in [5, 5.41) is 9.72. The Kier molecular flexibility index (Phi) is 10.7. The fourth-order valence-electron chi connectivity index (χ4n) is 4.16. The van der Waals surface area contributed by atoms with Crippen LogP contribution in [0.3, 0.4) is 0 Å². The Hall–Kier alpha value is -1.96. The standard InChI is InChI=1S/C27H40O2/c1-4-7-9-10-11-21-29-26-19-15-24(16-20-26)27(22(6-3)12-8-5-2)23-13-17-25(28)18-14-23/h13-20,22,27-28H,4-12,21H2,1-3H3. The predicted molar refractivity (Wildman–Crippen MR) is 124 cm³/mol. The first-order valence-electron chi connectivity index (χ1n) is 11.7. The third-order valence-electron chi connectivity index (χ3n) is 5.93. The van der Waals surface area contributed by atoms with Gasteiger partial charge in [-0.15, -0.1) is 0 Å². The molecular formula is C27H40O2. The van der Waals surface area contributed by atoms with Crippen molar-refractivity contribution in [1.82, 2.24) is 0 Å². The van der Waals surface area contributed by atoms with Crippen molar-refractivity contribution in [2.45, 2.75) is 84.5 Å². The van der Waals surface area contributed by atoms with Crippen LogP contribution in [-0.2, 0) is 0 Å². The third-order valence-corrected chi connectivity index (χ3v) is 5.93. The molecule has 0 saturated heterocycles. The molecule has 0 saturated carbocycles. The molecule has 0 aliphatic rings. The van der Waals surface area contributed by atoms with Crippen molar-refractivity contribution < 1.29 is 9.84 Å². The van der Waals surface area contributed by atoms with Crippen LogP contribution in [0.2, 0.25) is 0 Å². The molecule has 0 heterocycles. The van der Waals surface area contributed by atoms with Gasteiger partial charge in [0.15, 0.2) is 0 Å². The smallest absolute Gasteiger partial charge is 0.119 e. The summed E-state index contributed by atoms with van der Waals surface area (Å²) in [7, 11) is 0. The fourth-order valence-corrected chi connectivity index (χ4v) is 4.16. The zero-order chi connectivity index (χ0) is 20.9. The second kappa shape index (κ2) is 13.3. The fraction of sp³-hybridized carbons (Fsp3) is 0.556. The minimum Gasteiger partial charge on any atom is -0.508 e. The molecule has 0 radical (unpaired) electrons. The van der Waals surface area contributed by atoms with E-state index < -0.39 is 0 Å². The van der Waals surface area contributed by atoms with Gasteiger partial charge in [-0.1, -0.05) is 90.0 Å². The summed E-state index contributed by atoms with van der Waals surface area (Å²) < 4.78 is 5.96. The first-order valence-corrected chi connectivity index (χ1v) is 11.7. The number of ether oxygens (including phenoxy) is 1. The van der Waals surface area contributed by atoms with Crippen LogP contribution in [-0.4, -0.2) is 11.7 Å². The number of aromatic hydroxyl groups is 1. The maximum absolute atomic E-state index is 9.72. The van der Waals surface area contributed by atoms with Gasteiger partial charge in [0.05, 0.1) is 6.61 Å². The lowest BCUT2D eigenvalue weighted by Crippen LogP contribution is -2.14. The van der Waals surface area contributed by atoms with Crippen molar-refractivity contribution in [1.29, 1.82) is 0 Å². The number of phenolic OH excluding ortho intramolecular Hbond substituents is 1. The van der Waals surface area contributed by atoms with Crippen LogP contribution in [0, 0.1) is 5.92 Å². The van der Waals surface area contributed by atoms with Crippen molar-refractivity contribution in [2.75, 3.05) is 6.61 Å². The Morgan fingerprint density at radius 1 is 0.724 bits per heavy atom. The van der Waals surface area contributed by atoms with Crippen molar-refractivity contribution >= 4 is 0 Å². The quantitative estimate of drug-likeness (QED) is 0.327. The average Bonchev–Trinajstić information content (AvgIpc) is 2.75. The van der Waals surface area contributed by atoms with Gasteiger partial charge < -0.3 is 9.84 Å². The SMILES string of the molecule is CCCCCCCOc1ccc(C(c2ccc(O)cc2)C(CC)CCCC)cc1. The Morgan fingerprint density at radius 3 is 1.90 bits per heavy atom. The molecule has 2 aromatic carbocycles. The second-order valence-corrected chi connectivity index (χ2v) is 8.21. The highest BCUT2D eigenvalue weighted by molar-refractivity contribution is 5.38. The molecule has 0 amide bonds. The van der Waals surface area contributed by atoms with Crippen molar-refractivity contribution in [2.24, 2.45) is 5.92 Å². The number of benzene rings is 2. The molecule has 2 aromatic rings. The molecule has 0 aromatic heterocycles. The summed E-state index contributed by atoms with van der Waals surface area (Å²) in [5.74, 6) is 2.26. The van der Waals surface area contributed by atoms with E-state index in [9.17, 15) is 5.11 Å². The van der Waals surface area contributed by atoms with E-state index in [0.29, 0.717) is 17.6 Å². The van der Waals surface area contributed by atoms with Gasteiger partial charge in [0.25, 0.3) is 0 Å². The Labute approximate surface area is 178 Å². The zero-order valence-electron chi connectivity index (χ0n) is 18.7. The highest BCUT2D eigenvalue weighted by atomic mass is 16.5. The molecule has 2 heteroatoms. The zero-order valence-corrected chi connectivity index (χ0v) is 18.7. The Balaban J connectivity index is 2.08. The minimum absolute atomic E-state index is 0.330. The van der Waals surface area contributed by atoms with Gasteiger partial charge in [0.1, 0.15) is 11.5 Å². The van der Waals surface area contributed by atoms with Crippen LogP contribution < -0.4 is 4.74 Å². The van der Waals surface area contributed by atoms with Gasteiger partial charge in [0, 0.05) is 5.92 Å². The Morgan fingerprint density at radius 2 is 1.31 bits per heavy atom. The number of hydrogen-bond acceptors (Lipinski definition) is 2. The van der Waals surface area contributed by atoms with Gasteiger partial charge in [-0.2, -0.15) is 0 Å². The lowest BCUT2D eigenvalue weighted by Gasteiger charge is -2.28. The molecule has 0 aliphatic heterocycles. The van der Waals surface area contributed by atoms with Crippen molar-refractivity contribution in [3.63, 3.8) is 0 Å². The molecule has 2 rings (SSSR count). The monoisotopic (exact) mass is 396 g/mol. The molecule has 2 atom stereocenters. The average molecular weight is 397 g/mol. The van der Waals surface area contributed by atoms with Gasteiger partial charge in [-0.25, -0.2) is 0 Å². The maximum Gasteiger partial charge on any atom is 0.119 e. The van der Waals surface area contributed by atoms with E-state index >= 15 is 0 Å². The summed E-state index contributed by atoms with van der Waals surface area (Å²) in [6.45, 7) is 7.60. The normalized spacial score (nSPS) is 13.2.